The van der Waals surface area contributed by atoms with E-state index in [4.69, 9.17) is 0 Å². The molecule has 2 amide bonds. The van der Waals surface area contributed by atoms with Crippen LogP contribution in [0.1, 0.15) is 38.3 Å². The van der Waals surface area contributed by atoms with E-state index in [0.29, 0.717) is 6.54 Å². The molecule has 1 saturated heterocycles. The maximum absolute atomic E-state index is 12.3. The van der Waals surface area contributed by atoms with Crippen molar-refractivity contribution in [2.75, 3.05) is 11.4 Å². The Kier molecular flexibility index (Phi) is 4.08. The molecule has 0 saturated carbocycles. The number of hydrogen-bond acceptors (Lipinski definition) is 2. The van der Waals surface area contributed by atoms with Crippen molar-refractivity contribution in [3.8, 4) is 0 Å². The van der Waals surface area contributed by atoms with E-state index in [1.807, 2.05) is 52.8 Å². The van der Waals surface area contributed by atoms with Crippen LogP contribution < -0.4 is 10.2 Å². The molecule has 1 N–H and O–H groups in total. The number of benzene rings is 1. The average molecular weight is 288 g/mol. The summed E-state index contributed by atoms with van der Waals surface area (Å²) in [5, 5.41) is 2.96. The third-order valence-electron chi connectivity index (χ3n) is 3.86. The normalized spacial score (nSPS) is 19.0. The highest BCUT2D eigenvalue weighted by Gasteiger charge is 2.36. The molecular formula is C17H24N2O2. The number of nitrogens with zero attached hydrogens (tertiary/aromatic N) is 1. The van der Waals surface area contributed by atoms with Crippen molar-refractivity contribution >= 4 is 17.5 Å². The largest absolute Gasteiger partial charge is 0.351 e. The molecule has 1 aliphatic heterocycles. The van der Waals surface area contributed by atoms with E-state index in [0.717, 1.165) is 16.8 Å². The van der Waals surface area contributed by atoms with Gasteiger partial charge in [0.2, 0.25) is 11.8 Å². The smallest absolute Gasteiger partial charge is 0.227 e. The molecule has 21 heavy (non-hydrogen) atoms. The van der Waals surface area contributed by atoms with Crippen LogP contribution in [0.3, 0.4) is 0 Å². The zero-order valence-electron chi connectivity index (χ0n) is 13.5. The van der Waals surface area contributed by atoms with Gasteiger partial charge in [0.1, 0.15) is 0 Å². The quantitative estimate of drug-likeness (QED) is 0.909. The molecule has 1 heterocycles. The SMILES string of the molecule is Cc1cccc(N2CC(C(=O)NC(C)(C)C)CC2=O)c1C. The highest BCUT2D eigenvalue weighted by molar-refractivity contribution is 6.01. The highest BCUT2D eigenvalue weighted by Crippen LogP contribution is 2.29. The lowest BCUT2D eigenvalue weighted by Gasteiger charge is -2.23. The van der Waals surface area contributed by atoms with Gasteiger partial charge in [0.05, 0.1) is 5.92 Å². The third-order valence-corrected chi connectivity index (χ3v) is 3.86. The molecule has 1 unspecified atom stereocenters. The Morgan fingerprint density at radius 2 is 1.95 bits per heavy atom. The molecule has 0 aliphatic carbocycles. The minimum Gasteiger partial charge on any atom is -0.351 e. The van der Waals surface area contributed by atoms with Crippen molar-refractivity contribution in [3.63, 3.8) is 0 Å². The number of carbonyl (C=O) groups excluding carboxylic acids is 2. The first-order valence-electron chi connectivity index (χ1n) is 7.37. The van der Waals surface area contributed by atoms with Crippen LogP contribution in [0.5, 0.6) is 0 Å². The lowest BCUT2D eigenvalue weighted by atomic mass is 10.0. The molecule has 0 radical (unpaired) electrons. The second-order valence-electron chi connectivity index (χ2n) is 6.86. The van der Waals surface area contributed by atoms with Crippen LogP contribution in [0.25, 0.3) is 0 Å². The summed E-state index contributed by atoms with van der Waals surface area (Å²) in [7, 11) is 0. The van der Waals surface area contributed by atoms with Gasteiger partial charge in [-0.2, -0.15) is 0 Å². The molecule has 0 aromatic heterocycles. The summed E-state index contributed by atoms with van der Waals surface area (Å²) in [4.78, 5) is 26.3. The van der Waals surface area contributed by atoms with E-state index < -0.39 is 0 Å². The highest BCUT2D eigenvalue weighted by atomic mass is 16.2. The molecule has 1 atom stereocenters. The lowest BCUT2D eigenvalue weighted by Crippen LogP contribution is -2.44. The minimum atomic E-state index is -0.271. The van der Waals surface area contributed by atoms with E-state index in [2.05, 4.69) is 5.32 Å². The average Bonchev–Trinajstić information content (AvgIpc) is 2.73. The van der Waals surface area contributed by atoms with E-state index in [1.54, 1.807) is 4.90 Å². The van der Waals surface area contributed by atoms with Gasteiger partial charge in [0, 0.05) is 24.2 Å². The Morgan fingerprint density at radius 3 is 2.57 bits per heavy atom. The first kappa shape index (κ1) is 15.5. The fraction of sp³-hybridized carbons (Fsp3) is 0.529. The number of hydrogen-bond donors (Lipinski definition) is 1. The van der Waals surface area contributed by atoms with Crippen molar-refractivity contribution in [2.24, 2.45) is 5.92 Å². The predicted octanol–water partition coefficient (Wildman–Crippen LogP) is 2.57. The van der Waals surface area contributed by atoms with E-state index in [9.17, 15) is 9.59 Å². The maximum Gasteiger partial charge on any atom is 0.227 e. The zero-order valence-corrected chi connectivity index (χ0v) is 13.5. The standard InChI is InChI=1S/C17H24N2O2/c1-11-7-6-8-14(12(11)2)19-10-13(9-15(19)20)16(21)18-17(3,4)5/h6-8,13H,9-10H2,1-5H3,(H,18,21). The molecule has 0 spiro atoms. The van der Waals surface area contributed by atoms with Gasteiger partial charge in [-0.1, -0.05) is 12.1 Å². The summed E-state index contributed by atoms with van der Waals surface area (Å²) in [5.41, 5.74) is 2.91. The summed E-state index contributed by atoms with van der Waals surface area (Å²) >= 11 is 0. The molecule has 114 valence electrons. The van der Waals surface area contributed by atoms with Crippen molar-refractivity contribution < 1.29 is 9.59 Å². The lowest BCUT2D eigenvalue weighted by molar-refractivity contribution is -0.127. The predicted molar refractivity (Wildman–Crippen MR) is 84.3 cm³/mol. The molecule has 1 aliphatic rings. The van der Waals surface area contributed by atoms with E-state index >= 15 is 0 Å². The summed E-state index contributed by atoms with van der Waals surface area (Å²) in [6, 6.07) is 5.93. The van der Waals surface area contributed by atoms with Crippen LogP contribution in [0.15, 0.2) is 18.2 Å². The fourth-order valence-electron chi connectivity index (χ4n) is 2.62. The zero-order chi connectivity index (χ0) is 15.8. The number of carbonyl (C=O) groups is 2. The van der Waals surface area contributed by atoms with Gasteiger partial charge in [-0.15, -0.1) is 0 Å². The van der Waals surface area contributed by atoms with Crippen molar-refractivity contribution in [3.05, 3.63) is 29.3 Å². The Labute approximate surface area is 126 Å². The minimum absolute atomic E-state index is 0.0257. The van der Waals surface area contributed by atoms with Crippen molar-refractivity contribution in [1.82, 2.24) is 5.32 Å². The van der Waals surface area contributed by atoms with Crippen LogP contribution in [0.4, 0.5) is 5.69 Å². The Morgan fingerprint density at radius 1 is 1.29 bits per heavy atom. The molecule has 0 bridgehead atoms. The second-order valence-corrected chi connectivity index (χ2v) is 6.86. The summed E-state index contributed by atoms with van der Waals surface area (Å²) in [5.74, 6) is -0.280. The maximum atomic E-state index is 12.3. The topological polar surface area (TPSA) is 49.4 Å². The number of aryl methyl sites for hydroxylation is 1. The second kappa shape index (κ2) is 5.51. The first-order valence-corrected chi connectivity index (χ1v) is 7.37. The first-order chi connectivity index (χ1) is 9.69. The summed E-state index contributed by atoms with van der Waals surface area (Å²) < 4.78 is 0. The molecule has 1 fully saturated rings. The van der Waals surface area contributed by atoms with Crippen LogP contribution in [0, 0.1) is 19.8 Å². The van der Waals surface area contributed by atoms with Crippen LogP contribution in [0.2, 0.25) is 0 Å². The monoisotopic (exact) mass is 288 g/mol. The molecule has 1 aromatic carbocycles. The molecule has 4 nitrogen and oxygen atoms in total. The van der Waals surface area contributed by atoms with Crippen LogP contribution in [-0.4, -0.2) is 23.9 Å². The summed E-state index contributed by atoms with van der Waals surface area (Å²) in [6.45, 7) is 10.4. The van der Waals surface area contributed by atoms with E-state index in [1.165, 1.54) is 0 Å². The van der Waals surface area contributed by atoms with Gasteiger partial charge in [-0.3, -0.25) is 9.59 Å². The van der Waals surface area contributed by atoms with Crippen molar-refractivity contribution in [2.45, 2.75) is 46.6 Å². The fourth-order valence-corrected chi connectivity index (χ4v) is 2.62. The van der Waals surface area contributed by atoms with Crippen molar-refractivity contribution in [1.29, 1.82) is 0 Å². The number of nitrogens with one attached hydrogen (secondary N) is 1. The molecular weight excluding hydrogens is 264 g/mol. The van der Waals surface area contributed by atoms with Crippen LogP contribution in [-0.2, 0) is 9.59 Å². The van der Waals surface area contributed by atoms with E-state index in [-0.39, 0.29) is 29.7 Å². The Bertz CT molecular complexity index is 573. The van der Waals surface area contributed by atoms with Gasteiger partial charge in [0.15, 0.2) is 0 Å². The van der Waals surface area contributed by atoms with Gasteiger partial charge < -0.3 is 10.2 Å². The van der Waals surface area contributed by atoms with Gasteiger partial charge in [-0.05, 0) is 51.8 Å². The molecule has 4 heteroatoms. The summed E-state index contributed by atoms with van der Waals surface area (Å²) in [6.07, 6.45) is 0.287. The number of rotatable bonds is 2. The Hall–Kier alpha value is -1.84. The van der Waals surface area contributed by atoms with Gasteiger partial charge in [0.25, 0.3) is 0 Å². The number of anilines is 1. The van der Waals surface area contributed by atoms with Gasteiger partial charge >= 0.3 is 0 Å². The number of amides is 2. The molecule has 1 aromatic rings. The molecule has 2 rings (SSSR count). The Balaban J connectivity index is 2.17. The van der Waals surface area contributed by atoms with Gasteiger partial charge in [-0.25, -0.2) is 0 Å². The van der Waals surface area contributed by atoms with Crippen LogP contribution >= 0.6 is 0 Å². The third kappa shape index (κ3) is 3.43.